The molecule has 1 heterocycles. The number of aryl methyl sites for hydroxylation is 1. The van der Waals surface area contributed by atoms with Crippen LogP contribution in [0.15, 0.2) is 24.3 Å². The smallest absolute Gasteiger partial charge is 0.343 e. The molecular weight excluding hydrogens is 292 g/mol. The highest BCUT2D eigenvalue weighted by atomic mass is 32.1. The van der Waals surface area contributed by atoms with Crippen LogP contribution in [-0.2, 0) is 12.6 Å². The van der Waals surface area contributed by atoms with Crippen LogP contribution in [0, 0.1) is 10.5 Å². The predicted molar refractivity (Wildman–Crippen MR) is 69.2 cm³/mol. The van der Waals surface area contributed by atoms with Gasteiger partial charge in [-0.1, -0.05) is 19.1 Å². The SMILES string of the molecule is CCc1cc(=S)nc(-c2ccc(F)cc2C(F)(F)F)[nH]1. The van der Waals surface area contributed by atoms with E-state index in [1.165, 1.54) is 0 Å². The van der Waals surface area contributed by atoms with Crippen molar-refractivity contribution in [3.8, 4) is 11.4 Å². The lowest BCUT2D eigenvalue weighted by atomic mass is 10.1. The van der Waals surface area contributed by atoms with Gasteiger partial charge in [0, 0.05) is 11.3 Å². The van der Waals surface area contributed by atoms with Gasteiger partial charge >= 0.3 is 6.18 Å². The molecule has 2 rings (SSSR count). The zero-order valence-corrected chi connectivity index (χ0v) is 11.2. The molecule has 0 aliphatic heterocycles. The standard InChI is InChI=1S/C13H10F4N2S/c1-2-8-6-11(20)19-12(18-8)9-4-3-7(14)5-10(9)13(15,16)17/h3-6H,2H2,1H3,(H,18,19,20). The van der Waals surface area contributed by atoms with Gasteiger partial charge in [-0.15, -0.1) is 0 Å². The number of aromatic amines is 1. The normalized spacial score (nSPS) is 11.7. The first kappa shape index (κ1) is 14.6. The van der Waals surface area contributed by atoms with Crippen molar-refractivity contribution >= 4 is 12.2 Å². The number of hydrogen-bond donors (Lipinski definition) is 1. The third-order valence-corrected chi connectivity index (χ3v) is 2.93. The Morgan fingerprint density at radius 3 is 2.55 bits per heavy atom. The van der Waals surface area contributed by atoms with E-state index in [9.17, 15) is 17.6 Å². The fourth-order valence-electron chi connectivity index (χ4n) is 1.78. The van der Waals surface area contributed by atoms with Gasteiger partial charge in [0.05, 0.1) is 5.56 Å². The van der Waals surface area contributed by atoms with Gasteiger partial charge in [0.15, 0.2) is 0 Å². The second-order valence-electron chi connectivity index (χ2n) is 4.13. The Morgan fingerprint density at radius 2 is 1.95 bits per heavy atom. The molecule has 0 bridgehead atoms. The fraction of sp³-hybridized carbons (Fsp3) is 0.231. The average Bonchev–Trinajstić information content (AvgIpc) is 2.36. The molecule has 2 aromatic rings. The van der Waals surface area contributed by atoms with Crippen LogP contribution in [-0.4, -0.2) is 9.97 Å². The third-order valence-electron chi connectivity index (χ3n) is 2.72. The Balaban J connectivity index is 2.70. The molecule has 20 heavy (non-hydrogen) atoms. The second-order valence-corrected chi connectivity index (χ2v) is 4.55. The molecule has 7 heteroatoms. The summed E-state index contributed by atoms with van der Waals surface area (Å²) >= 11 is 4.93. The Kier molecular flexibility index (Phi) is 3.89. The molecule has 0 atom stereocenters. The van der Waals surface area contributed by atoms with Gasteiger partial charge in [-0.05, 0) is 30.7 Å². The van der Waals surface area contributed by atoms with Crippen molar-refractivity contribution in [2.45, 2.75) is 19.5 Å². The Bertz CT molecular complexity index is 692. The van der Waals surface area contributed by atoms with Gasteiger partial charge in [0.1, 0.15) is 16.3 Å². The summed E-state index contributed by atoms with van der Waals surface area (Å²) < 4.78 is 52.1. The first-order valence-electron chi connectivity index (χ1n) is 5.78. The van der Waals surface area contributed by atoms with Crippen LogP contribution in [0.25, 0.3) is 11.4 Å². The molecule has 0 saturated carbocycles. The molecule has 1 N–H and O–H groups in total. The molecule has 1 aromatic heterocycles. The second kappa shape index (κ2) is 5.32. The van der Waals surface area contributed by atoms with Crippen molar-refractivity contribution in [3.05, 3.63) is 46.0 Å². The van der Waals surface area contributed by atoms with E-state index in [-0.39, 0.29) is 16.0 Å². The molecule has 2 nitrogen and oxygen atoms in total. The summed E-state index contributed by atoms with van der Waals surface area (Å²) in [6.07, 6.45) is -4.10. The van der Waals surface area contributed by atoms with Crippen LogP contribution in [0.1, 0.15) is 18.2 Å². The minimum absolute atomic E-state index is 0.0123. The molecule has 0 saturated heterocycles. The van der Waals surface area contributed by atoms with Crippen molar-refractivity contribution < 1.29 is 17.6 Å². The van der Waals surface area contributed by atoms with E-state index in [0.29, 0.717) is 18.2 Å². The highest BCUT2D eigenvalue weighted by Gasteiger charge is 2.34. The maximum absolute atomic E-state index is 13.1. The molecule has 0 amide bonds. The summed E-state index contributed by atoms with van der Waals surface area (Å²) in [6.45, 7) is 1.83. The summed E-state index contributed by atoms with van der Waals surface area (Å²) in [4.78, 5) is 6.68. The Hall–Kier alpha value is -1.76. The van der Waals surface area contributed by atoms with E-state index in [4.69, 9.17) is 12.2 Å². The van der Waals surface area contributed by atoms with E-state index in [1.54, 1.807) is 6.07 Å². The highest BCUT2D eigenvalue weighted by Crippen LogP contribution is 2.36. The minimum atomic E-state index is -4.67. The number of alkyl halides is 3. The van der Waals surface area contributed by atoms with E-state index < -0.39 is 17.6 Å². The zero-order valence-electron chi connectivity index (χ0n) is 10.4. The molecule has 0 unspecified atom stereocenters. The van der Waals surface area contributed by atoms with Crippen molar-refractivity contribution in [1.82, 2.24) is 9.97 Å². The van der Waals surface area contributed by atoms with E-state index in [0.717, 1.165) is 12.1 Å². The summed E-state index contributed by atoms with van der Waals surface area (Å²) in [5.41, 5.74) is -0.637. The first-order chi connectivity index (χ1) is 9.31. The van der Waals surface area contributed by atoms with Crippen LogP contribution in [0.5, 0.6) is 0 Å². The van der Waals surface area contributed by atoms with Gasteiger partial charge < -0.3 is 4.98 Å². The van der Waals surface area contributed by atoms with Gasteiger partial charge in [-0.25, -0.2) is 9.37 Å². The number of benzene rings is 1. The predicted octanol–water partition coefficient (Wildman–Crippen LogP) is 4.53. The van der Waals surface area contributed by atoms with Gasteiger partial charge in [0.25, 0.3) is 0 Å². The van der Waals surface area contributed by atoms with Crippen molar-refractivity contribution in [2.75, 3.05) is 0 Å². The molecular formula is C13H10F4N2S. The van der Waals surface area contributed by atoms with Crippen LogP contribution < -0.4 is 0 Å². The molecule has 0 aliphatic rings. The zero-order chi connectivity index (χ0) is 14.9. The topological polar surface area (TPSA) is 28.7 Å². The molecule has 0 radical (unpaired) electrons. The maximum Gasteiger partial charge on any atom is 0.417 e. The summed E-state index contributed by atoms with van der Waals surface area (Å²) in [6, 6.07) is 4.04. The molecule has 1 aromatic carbocycles. The number of nitrogens with one attached hydrogen (secondary N) is 1. The fourth-order valence-corrected chi connectivity index (χ4v) is 2.02. The van der Waals surface area contributed by atoms with Crippen LogP contribution in [0.3, 0.4) is 0 Å². The molecule has 0 fully saturated rings. The monoisotopic (exact) mass is 302 g/mol. The highest BCUT2D eigenvalue weighted by molar-refractivity contribution is 7.71. The molecule has 0 aliphatic carbocycles. The Morgan fingerprint density at radius 1 is 1.25 bits per heavy atom. The average molecular weight is 302 g/mol. The third kappa shape index (κ3) is 3.04. The number of halogens is 4. The van der Waals surface area contributed by atoms with Gasteiger partial charge in [-0.3, -0.25) is 0 Å². The molecule has 106 valence electrons. The number of H-pyrrole nitrogens is 1. The lowest BCUT2D eigenvalue weighted by molar-refractivity contribution is -0.137. The quantitative estimate of drug-likeness (QED) is 0.652. The summed E-state index contributed by atoms with van der Waals surface area (Å²) in [7, 11) is 0. The summed E-state index contributed by atoms with van der Waals surface area (Å²) in [5, 5.41) is 0. The van der Waals surface area contributed by atoms with Crippen LogP contribution in [0.4, 0.5) is 17.6 Å². The maximum atomic E-state index is 13.1. The lowest BCUT2D eigenvalue weighted by Gasteiger charge is -2.13. The number of hydrogen-bond acceptors (Lipinski definition) is 2. The number of nitrogens with zero attached hydrogens (tertiary/aromatic N) is 1. The largest absolute Gasteiger partial charge is 0.417 e. The van der Waals surface area contributed by atoms with Crippen molar-refractivity contribution in [1.29, 1.82) is 0 Å². The minimum Gasteiger partial charge on any atom is -0.343 e. The van der Waals surface area contributed by atoms with Crippen molar-refractivity contribution in [3.63, 3.8) is 0 Å². The van der Waals surface area contributed by atoms with Gasteiger partial charge in [-0.2, -0.15) is 13.2 Å². The van der Waals surface area contributed by atoms with Crippen molar-refractivity contribution in [2.24, 2.45) is 0 Å². The van der Waals surface area contributed by atoms with Crippen LogP contribution in [0.2, 0.25) is 0 Å². The number of aromatic nitrogens is 2. The lowest BCUT2D eigenvalue weighted by Crippen LogP contribution is -2.09. The van der Waals surface area contributed by atoms with Crippen LogP contribution >= 0.6 is 12.2 Å². The Labute approximate surface area is 117 Å². The summed E-state index contributed by atoms with van der Waals surface area (Å²) in [5.74, 6) is -0.965. The first-order valence-corrected chi connectivity index (χ1v) is 6.19. The molecule has 0 spiro atoms. The van der Waals surface area contributed by atoms with Gasteiger partial charge in [0.2, 0.25) is 0 Å². The number of rotatable bonds is 2. The van der Waals surface area contributed by atoms with E-state index in [2.05, 4.69) is 9.97 Å². The van der Waals surface area contributed by atoms with E-state index >= 15 is 0 Å². The van der Waals surface area contributed by atoms with E-state index in [1.807, 2.05) is 6.92 Å².